The van der Waals surface area contributed by atoms with Crippen molar-refractivity contribution in [1.29, 1.82) is 0 Å². The molecule has 0 heterocycles. The van der Waals surface area contributed by atoms with Gasteiger partial charge in [-0.05, 0) is 63.7 Å². The molecule has 0 amide bonds. The molecule has 2 nitrogen and oxygen atoms in total. The summed E-state index contributed by atoms with van der Waals surface area (Å²) in [5, 5.41) is 0. The van der Waals surface area contributed by atoms with Gasteiger partial charge in [0, 0.05) is 12.1 Å². The summed E-state index contributed by atoms with van der Waals surface area (Å²) < 4.78 is 0. The van der Waals surface area contributed by atoms with Crippen molar-refractivity contribution in [2.24, 2.45) is 11.7 Å². The molecular weight excluding hydrogens is 220 g/mol. The first-order valence-corrected chi connectivity index (χ1v) is 7.11. The Morgan fingerprint density at radius 1 is 1.33 bits per heavy atom. The minimum atomic E-state index is 0.167. The highest BCUT2D eigenvalue weighted by atomic mass is 15.1. The van der Waals surface area contributed by atoms with E-state index in [0.29, 0.717) is 6.04 Å². The maximum Gasteiger partial charge on any atom is 0.0309 e. The van der Waals surface area contributed by atoms with E-state index in [9.17, 15) is 0 Å². The van der Waals surface area contributed by atoms with Crippen molar-refractivity contribution in [1.82, 2.24) is 4.90 Å². The highest BCUT2D eigenvalue weighted by Crippen LogP contribution is 2.34. The fraction of sp³-hybridized carbons (Fsp3) is 0.625. The zero-order valence-corrected chi connectivity index (χ0v) is 11.9. The van der Waals surface area contributed by atoms with Crippen molar-refractivity contribution in [3.05, 3.63) is 35.4 Å². The summed E-state index contributed by atoms with van der Waals surface area (Å²) in [7, 11) is 2.23. The summed E-state index contributed by atoms with van der Waals surface area (Å²) in [6.07, 6.45) is 3.86. The van der Waals surface area contributed by atoms with Crippen LogP contribution in [0.2, 0.25) is 0 Å². The standard InChI is InChI=1S/C16H26N2/c1-12-6-4-5-7-15(12)16(17)10-11-18(3)13(2)14-8-9-14/h4-7,13-14,16H,8-11,17H2,1-3H3. The maximum absolute atomic E-state index is 6.31. The molecule has 2 N–H and O–H groups in total. The van der Waals surface area contributed by atoms with Gasteiger partial charge < -0.3 is 10.6 Å². The Bertz CT molecular complexity index is 384. The highest BCUT2D eigenvalue weighted by Gasteiger charge is 2.30. The molecule has 1 aromatic carbocycles. The van der Waals surface area contributed by atoms with E-state index in [4.69, 9.17) is 5.73 Å². The van der Waals surface area contributed by atoms with E-state index >= 15 is 0 Å². The molecule has 1 fully saturated rings. The second-order valence-corrected chi connectivity index (χ2v) is 5.81. The molecule has 18 heavy (non-hydrogen) atoms. The van der Waals surface area contributed by atoms with Crippen LogP contribution in [0.1, 0.15) is 43.4 Å². The predicted octanol–water partition coefficient (Wildman–Crippen LogP) is 3.12. The van der Waals surface area contributed by atoms with Crippen LogP contribution in [-0.2, 0) is 0 Å². The average Bonchev–Trinajstić information content (AvgIpc) is 3.19. The van der Waals surface area contributed by atoms with Crippen molar-refractivity contribution >= 4 is 0 Å². The number of nitrogens with zero attached hydrogens (tertiary/aromatic N) is 1. The Hall–Kier alpha value is -0.860. The van der Waals surface area contributed by atoms with Crippen LogP contribution in [0.15, 0.2) is 24.3 Å². The van der Waals surface area contributed by atoms with Gasteiger partial charge in [-0.15, -0.1) is 0 Å². The topological polar surface area (TPSA) is 29.3 Å². The molecule has 2 rings (SSSR count). The molecule has 0 bridgehead atoms. The average molecular weight is 246 g/mol. The van der Waals surface area contributed by atoms with Gasteiger partial charge in [0.1, 0.15) is 0 Å². The zero-order valence-electron chi connectivity index (χ0n) is 11.9. The number of rotatable bonds is 6. The van der Waals surface area contributed by atoms with Crippen LogP contribution in [0.25, 0.3) is 0 Å². The van der Waals surface area contributed by atoms with E-state index in [1.807, 2.05) is 0 Å². The van der Waals surface area contributed by atoms with Gasteiger partial charge in [0.15, 0.2) is 0 Å². The third-order valence-electron chi connectivity index (χ3n) is 4.38. The van der Waals surface area contributed by atoms with Crippen LogP contribution in [0.5, 0.6) is 0 Å². The molecule has 0 radical (unpaired) electrons. The molecule has 1 aromatic rings. The van der Waals surface area contributed by atoms with Crippen molar-refractivity contribution in [2.45, 2.75) is 45.2 Å². The monoisotopic (exact) mass is 246 g/mol. The van der Waals surface area contributed by atoms with Gasteiger partial charge >= 0.3 is 0 Å². The minimum Gasteiger partial charge on any atom is -0.324 e. The number of aryl methyl sites for hydroxylation is 1. The zero-order chi connectivity index (χ0) is 13.1. The van der Waals surface area contributed by atoms with Gasteiger partial charge in [-0.2, -0.15) is 0 Å². The van der Waals surface area contributed by atoms with Crippen LogP contribution in [0.4, 0.5) is 0 Å². The quantitative estimate of drug-likeness (QED) is 0.835. The molecular formula is C16H26N2. The first-order valence-electron chi connectivity index (χ1n) is 7.11. The molecule has 100 valence electrons. The largest absolute Gasteiger partial charge is 0.324 e. The lowest BCUT2D eigenvalue weighted by Crippen LogP contribution is -2.33. The molecule has 2 atom stereocenters. The lowest BCUT2D eigenvalue weighted by Gasteiger charge is -2.26. The Morgan fingerprint density at radius 3 is 2.61 bits per heavy atom. The van der Waals surface area contributed by atoms with Crippen LogP contribution in [0, 0.1) is 12.8 Å². The highest BCUT2D eigenvalue weighted by molar-refractivity contribution is 5.28. The van der Waals surface area contributed by atoms with Gasteiger partial charge in [-0.3, -0.25) is 0 Å². The molecule has 0 aromatic heterocycles. The maximum atomic E-state index is 6.31. The van der Waals surface area contributed by atoms with Crippen LogP contribution < -0.4 is 5.73 Å². The number of benzene rings is 1. The first-order chi connectivity index (χ1) is 8.59. The van der Waals surface area contributed by atoms with Crippen LogP contribution >= 0.6 is 0 Å². The lowest BCUT2D eigenvalue weighted by atomic mass is 9.99. The fourth-order valence-electron chi connectivity index (χ4n) is 2.64. The van der Waals surface area contributed by atoms with Crippen molar-refractivity contribution in [2.75, 3.05) is 13.6 Å². The van der Waals surface area contributed by atoms with Crippen molar-refractivity contribution in [3.63, 3.8) is 0 Å². The lowest BCUT2D eigenvalue weighted by molar-refractivity contribution is 0.226. The van der Waals surface area contributed by atoms with Gasteiger partial charge in [-0.1, -0.05) is 24.3 Å². The number of hydrogen-bond donors (Lipinski definition) is 1. The first kappa shape index (κ1) is 13.6. The van der Waals surface area contributed by atoms with E-state index in [1.54, 1.807) is 0 Å². The van der Waals surface area contributed by atoms with Gasteiger partial charge in [0.2, 0.25) is 0 Å². The van der Waals surface area contributed by atoms with Crippen molar-refractivity contribution < 1.29 is 0 Å². The van der Waals surface area contributed by atoms with Gasteiger partial charge in [0.05, 0.1) is 0 Å². The Morgan fingerprint density at radius 2 is 2.00 bits per heavy atom. The Labute approximate surface area is 111 Å². The second kappa shape index (κ2) is 5.85. The summed E-state index contributed by atoms with van der Waals surface area (Å²) in [6, 6.07) is 9.34. The van der Waals surface area contributed by atoms with Crippen LogP contribution in [-0.4, -0.2) is 24.5 Å². The number of hydrogen-bond acceptors (Lipinski definition) is 2. The molecule has 0 spiro atoms. The molecule has 2 unspecified atom stereocenters. The summed E-state index contributed by atoms with van der Waals surface area (Å²) in [4.78, 5) is 2.47. The molecule has 0 aliphatic heterocycles. The van der Waals surface area contributed by atoms with Gasteiger partial charge in [0.25, 0.3) is 0 Å². The third kappa shape index (κ3) is 3.33. The predicted molar refractivity (Wildman–Crippen MR) is 77.5 cm³/mol. The molecule has 0 saturated heterocycles. The van der Waals surface area contributed by atoms with E-state index in [0.717, 1.165) is 18.9 Å². The van der Waals surface area contributed by atoms with Crippen molar-refractivity contribution in [3.8, 4) is 0 Å². The summed E-state index contributed by atoms with van der Waals surface area (Å²) >= 11 is 0. The molecule has 1 aliphatic carbocycles. The second-order valence-electron chi connectivity index (χ2n) is 5.81. The Balaban J connectivity index is 1.84. The summed E-state index contributed by atoms with van der Waals surface area (Å²) in [6.45, 7) is 5.58. The SMILES string of the molecule is Cc1ccccc1C(N)CCN(C)C(C)C1CC1. The molecule has 1 aliphatic rings. The van der Waals surface area contributed by atoms with E-state index < -0.39 is 0 Å². The smallest absolute Gasteiger partial charge is 0.0309 e. The normalized spacial score (nSPS) is 18.9. The van der Waals surface area contributed by atoms with E-state index in [2.05, 4.69) is 50.1 Å². The molecule has 2 heteroatoms. The van der Waals surface area contributed by atoms with Crippen LogP contribution in [0.3, 0.4) is 0 Å². The number of nitrogens with two attached hydrogens (primary N) is 1. The summed E-state index contributed by atoms with van der Waals surface area (Å²) in [5.41, 5.74) is 8.91. The van der Waals surface area contributed by atoms with Gasteiger partial charge in [-0.25, -0.2) is 0 Å². The third-order valence-corrected chi connectivity index (χ3v) is 4.38. The molecule has 1 saturated carbocycles. The summed E-state index contributed by atoms with van der Waals surface area (Å²) in [5.74, 6) is 0.935. The van der Waals surface area contributed by atoms with E-state index in [-0.39, 0.29) is 6.04 Å². The Kier molecular flexibility index (Phi) is 4.41. The minimum absolute atomic E-state index is 0.167. The van der Waals surface area contributed by atoms with E-state index in [1.165, 1.54) is 24.0 Å². The fourth-order valence-corrected chi connectivity index (χ4v) is 2.64.